The van der Waals surface area contributed by atoms with Gasteiger partial charge in [-0.1, -0.05) is 39.0 Å². The van der Waals surface area contributed by atoms with Crippen LogP contribution in [0.3, 0.4) is 0 Å². The topological polar surface area (TPSA) is 21.3 Å². The van der Waals surface area contributed by atoms with Crippen molar-refractivity contribution in [3.63, 3.8) is 0 Å². The molecule has 0 aromatic carbocycles. The fourth-order valence-corrected chi connectivity index (χ4v) is 3.68. The van der Waals surface area contributed by atoms with Crippen LogP contribution < -0.4 is 5.32 Å². The molecule has 106 valence electrons. The van der Waals surface area contributed by atoms with Crippen molar-refractivity contribution in [3.05, 3.63) is 0 Å². The quantitative estimate of drug-likeness (QED) is 0.753. The Balaban J connectivity index is 1.80. The van der Waals surface area contributed by atoms with Gasteiger partial charge in [0.1, 0.15) is 0 Å². The Hall–Kier alpha value is -0.0800. The first kappa shape index (κ1) is 14.3. The number of rotatable bonds is 5. The second-order valence-electron chi connectivity index (χ2n) is 6.19. The van der Waals surface area contributed by atoms with Gasteiger partial charge in [0.05, 0.1) is 6.10 Å². The van der Waals surface area contributed by atoms with Gasteiger partial charge in [-0.25, -0.2) is 0 Å². The summed E-state index contributed by atoms with van der Waals surface area (Å²) in [6.07, 6.45) is 13.1. The first-order chi connectivity index (χ1) is 8.92. The average molecular weight is 253 g/mol. The van der Waals surface area contributed by atoms with Crippen molar-refractivity contribution in [2.75, 3.05) is 19.7 Å². The van der Waals surface area contributed by atoms with E-state index in [-0.39, 0.29) is 0 Å². The maximum atomic E-state index is 6.09. The summed E-state index contributed by atoms with van der Waals surface area (Å²) in [6.45, 7) is 5.58. The summed E-state index contributed by atoms with van der Waals surface area (Å²) in [5.74, 6) is 1.63. The summed E-state index contributed by atoms with van der Waals surface area (Å²) < 4.78 is 6.09. The van der Waals surface area contributed by atoms with E-state index in [0.29, 0.717) is 6.10 Å². The molecule has 2 unspecified atom stereocenters. The van der Waals surface area contributed by atoms with Gasteiger partial charge in [0, 0.05) is 19.1 Å². The van der Waals surface area contributed by atoms with E-state index in [4.69, 9.17) is 4.74 Å². The lowest BCUT2D eigenvalue weighted by molar-refractivity contribution is 0.0311. The van der Waals surface area contributed by atoms with Crippen LogP contribution >= 0.6 is 0 Å². The molecule has 1 saturated heterocycles. The van der Waals surface area contributed by atoms with Crippen LogP contribution in [0.15, 0.2) is 0 Å². The Morgan fingerprint density at radius 3 is 2.44 bits per heavy atom. The van der Waals surface area contributed by atoms with Crippen molar-refractivity contribution >= 4 is 0 Å². The first-order valence-corrected chi connectivity index (χ1v) is 8.24. The SMILES string of the molecule is CCCNCC1CCOC1C1CCCCCCC1. The van der Waals surface area contributed by atoms with E-state index in [9.17, 15) is 0 Å². The molecule has 2 nitrogen and oxygen atoms in total. The molecule has 1 aliphatic carbocycles. The van der Waals surface area contributed by atoms with Crippen molar-refractivity contribution < 1.29 is 4.74 Å². The van der Waals surface area contributed by atoms with Gasteiger partial charge in [0.15, 0.2) is 0 Å². The fourth-order valence-electron chi connectivity index (χ4n) is 3.68. The maximum absolute atomic E-state index is 6.09. The van der Waals surface area contributed by atoms with Gasteiger partial charge in [-0.05, 0) is 38.1 Å². The Labute approximate surface area is 113 Å². The van der Waals surface area contributed by atoms with Gasteiger partial charge in [-0.15, -0.1) is 0 Å². The Morgan fingerprint density at radius 2 is 1.72 bits per heavy atom. The largest absolute Gasteiger partial charge is 0.378 e. The summed E-state index contributed by atoms with van der Waals surface area (Å²) in [6, 6.07) is 0. The van der Waals surface area contributed by atoms with E-state index in [1.807, 2.05) is 0 Å². The average Bonchev–Trinajstić information content (AvgIpc) is 2.77. The Morgan fingerprint density at radius 1 is 1.00 bits per heavy atom. The minimum absolute atomic E-state index is 0.562. The second kappa shape index (κ2) is 8.16. The van der Waals surface area contributed by atoms with Crippen LogP contribution in [0.5, 0.6) is 0 Å². The van der Waals surface area contributed by atoms with Crippen LogP contribution in [-0.4, -0.2) is 25.8 Å². The van der Waals surface area contributed by atoms with Crippen molar-refractivity contribution in [2.45, 2.75) is 70.8 Å². The zero-order valence-electron chi connectivity index (χ0n) is 12.1. The van der Waals surface area contributed by atoms with Crippen molar-refractivity contribution in [1.82, 2.24) is 5.32 Å². The molecule has 1 saturated carbocycles. The molecule has 0 radical (unpaired) electrons. The second-order valence-corrected chi connectivity index (χ2v) is 6.19. The minimum atomic E-state index is 0.562. The molecule has 0 aromatic rings. The standard InChI is InChI=1S/C16H31NO/c1-2-11-17-13-15-10-12-18-16(15)14-8-6-4-3-5-7-9-14/h14-17H,2-13H2,1H3. The third-order valence-corrected chi connectivity index (χ3v) is 4.71. The lowest BCUT2D eigenvalue weighted by atomic mass is 9.82. The molecule has 1 aliphatic heterocycles. The molecule has 18 heavy (non-hydrogen) atoms. The maximum Gasteiger partial charge on any atom is 0.0644 e. The zero-order chi connectivity index (χ0) is 12.6. The van der Waals surface area contributed by atoms with E-state index >= 15 is 0 Å². The number of hydrogen-bond acceptors (Lipinski definition) is 2. The first-order valence-electron chi connectivity index (χ1n) is 8.24. The van der Waals surface area contributed by atoms with Gasteiger partial charge in [0.25, 0.3) is 0 Å². The van der Waals surface area contributed by atoms with Crippen LogP contribution in [-0.2, 0) is 4.74 Å². The fraction of sp³-hybridized carbons (Fsp3) is 1.00. The lowest BCUT2D eigenvalue weighted by Crippen LogP contribution is -2.34. The van der Waals surface area contributed by atoms with Crippen molar-refractivity contribution in [3.8, 4) is 0 Å². The normalized spacial score (nSPS) is 31.2. The molecule has 2 fully saturated rings. The van der Waals surface area contributed by atoms with E-state index in [0.717, 1.165) is 25.0 Å². The number of ether oxygens (including phenoxy) is 1. The lowest BCUT2D eigenvalue weighted by Gasteiger charge is -2.29. The predicted octanol–water partition coefficient (Wildman–Crippen LogP) is 3.75. The molecule has 1 N–H and O–H groups in total. The van der Waals surface area contributed by atoms with Crippen LogP contribution in [0.1, 0.15) is 64.7 Å². The molecule has 0 aromatic heterocycles. The van der Waals surface area contributed by atoms with Crippen molar-refractivity contribution in [1.29, 1.82) is 0 Å². The molecule has 2 heteroatoms. The van der Waals surface area contributed by atoms with E-state index in [1.54, 1.807) is 0 Å². The zero-order valence-corrected chi connectivity index (χ0v) is 12.1. The molecule has 1 heterocycles. The summed E-state index contributed by atoms with van der Waals surface area (Å²) in [5.41, 5.74) is 0. The molecule has 0 bridgehead atoms. The van der Waals surface area contributed by atoms with Gasteiger partial charge in [0.2, 0.25) is 0 Å². The summed E-state index contributed by atoms with van der Waals surface area (Å²) in [5, 5.41) is 3.59. The predicted molar refractivity (Wildman–Crippen MR) is 76.8 cm³/mol. The number of hydrogen-bond donors (Lipinski definition) is 1. The van der Waals surface area contributed by atoms with Gasteiger partial charge >= 0.3 is 0 Å². The van der Waals surface area contributed by atoms with Gasteiger partial charge in [-0.3, -0.25) is 0 Å². The molecular formula is C16H31NO. The van der Waals surface area contributed by atoms with Crippen LogP contribution in [0.2, 0.25) is 0 Å². The summed E-state index contributed by atoms with van der Waals surface area (Å²) in [7, 11) is 0. The minimum Gasteiger partial charge on any atom is -0.378 e. The highest BCUT2D eigenvalue weighted by molar-refractivity contribution is 4.84. The Bertz CT molecular complexity index is 211. The highest BCUT2D eigenvalue weighted by Crippen LogP contribution is 2.34. The van der Waals surface area contributed by atoms with E-state index in [2.05, 4.69) is 12.2 Å². The third-order valence-electron chi connectivity index (χ3n) is 4.71. The number of nitrogens with one attached hydrogen (secondary N) is 1. The van der Waals surface area contributed by atoms with Gasteiger partial charge in [-0.2, -0.15) is 0 Å². The van der Waals surface area contributed by atoms with Gasteiger partial charge < -0.3 is 10.1 Å². The highest BCUT2D eigenvalue weighted by atomic mass is 16.5. The summed E-state index contributed by atoms with van der Waals surface area (Å²) >= 11 is 0. The summed E-state index contributed by atoms with van der Waals surface area (Å²) in [4.78, 5) is 0. The Kier molecular flexibility index (Phi) is 6.50. The molecule has 2 rings (SSSR count). The van der Waals surface area contributed by atoms with Crippen LogP contribution in [0, 0.1) is 11.8 Å². The molecular weight excluding hydrogens is 222 g/mol. The third kappa shape index (κ3) is 4.24. The molecule has 0 spiro atoms. The molecule has 0 amide bonds. The molecule has 2 atom stereocenters. The van der Waals surface area contributed by atoms with Crippen LogP contribution in [0.4, 0.5) is 0 Å². The molecule has 2 aliphatic rings. The van der Waals surface area contributed by atoms with E-state index in [1.165, 1.54) is 64.3 Å². The van der Waals surface area contributed by atoms with E-state index < -0.39 is 0 Å². The monoisotopic (exact) mass is 253 g/mol. The van der Waals surface area contributed by atoms with Crippen LogP contribution in [0.25, 0.3) is 0 Å². The van der Waals surface area contributed by atoms with Crippen molar-refractivity contribution in [2.24, 2.45) is 11.8 Å². The smallest absolute Gasteiger partial charge is 0.0644 e. The highest BCUT2D eigenvalue weighted by Gasteiger charge is 2.34.